The average Bonchev–Trinajstić information content (AvgIpc) is 3.35. The molecule has 0 saturated carbocycles. The van der Waals surface area contributed by atoms with Crippen molar-refractivity contribution in [3.05, 3.63) is 42.2 Å². The van der Waals surface area contributed by atoms with Crippen LogP contribution in [0.2, 0.25) is 0 Å². The van der Waals surface area contributed by atoms with Crippen LogP contribution in [0.4, 0.5) is 5.82 Å². The zero-order valence-electron chi connectivity index (χ0n) is 14.3. The quantitative estimate of drug-likeness (QED) is 0.768. The summed E-state index contributed by atoms with van der Waals surface area (Å²) >= 11 is 0. The number of fused-ring (bicyclic) bond motifs is 1. The normalized spacial score (nSPS) is 16.6. The topological polar surface area (TPSA) is 99.2 Å². The first-order valence-corrected chi connectivity index (χ1v) is 8.41. The predicted octanol–water partition coefficient (Wildman–Crippen LogP) is 1.38. The summed E-state index contributed by atoms with van der Waals surface area (Å²) in [4.78, 5) is 23.0. The van der Waals surface area contributed by atoms with Crippen molar-refractivity contribution in [1.82, 2.24) is 24.9 Å². The molecule has 1 unspecified atom stereocenters. The Labute approximate surface area is 150 Å². The second-order valence-electron chi connectivity index (χ2n) is 6.13. The third kappa shape index (κ3) is 2.63. The summed E-state index contributed by atoms with van der Waals surface area (Å²) < 4.78 is 1.66. The van der Waals surface area contributed by atoms with Crippen molar-refractivity contribution < 1.29 is 4.79 Å². The van der Waals surface area contributed by atoms with Crippen LogP contribution in [0.1, 0.15) is 18.4 Å². The minimum absolute atomic E-state index is 0.00874. The van der Waals surface area contributed by atoms with E-state index in [1.54, 1.807) is 23.7 Å². The maximum atomic E-state index is 12.2. The Morgan fingerprint density at radius 1 is 1.35 bits per heavy atom. The van der Waals surface area contributed by atoms with Crippen LogP contribution in [-0.2, 0) is 4.79 Å². The third-order valence-electron chi connectivity index (χ3n) is 4.64. The van der Waals surface area contributed by atoms with Gasteiger partial charge in [0.25, 0.3) is 5.78 Å². The molecule has 1 aromatic carbocycles. The fraction of sp³-hybridized carbons (Fsp3) is 0.278. The lowest BCUT2D eigenvalue weighted by Gasteiger charge is -2.24. The highest BCUT2D eigenvalue weighted by molar-refractivity contribution is 5.85. The molecular formula is C18H17N7O. The summed E-state index contributed by atoms with van der Waals surface area (Å²) in [5, 5.41) is 16.0. The average molecular weight is 347 g/mol. The zero-order valence-corrected chi connectivity index (χ0v) is 14.3. The third-order valence-corrected chi connectivity index (χ3v) is 4.64. The van der Waals surface area contributed by atoms with Gasteiger partial charge in [-0.15, -0.1) is 0 Å². The van der Waals surface area contributed by atoms with E-state index in [4.69, 9.17) is 5.26 Å². The van der Waals surface area contributed by atoms with Crippen LogP contribution in [-0.4, -0.2) is 45.1 Å². The molecule has 1 atom stereocenters. The van der Waals surface area contributed by atoms with E-state index in [0.717, 1.165) is 30.6 Å². The minimum atomic E-state index is -0.230. The highest BCUT2D eigenvalue weighted by atomic mass is 16.2. The van der Waals surface area contributed by atoms with Gasteiger partial charge in [0.2, 0.25) is 5.91 Å². The van der Waals surface area contributed by atoms with E-state index in [0.29, 0.717) is 17.2 Å². The smallest absolute Gasteiger partial charge is 0.254 e. The van der Waals surface area contributed by atoms with Gasteiger partial charge in [-0.2, -0.15) is 24.8 Å². The van der Waals surface area contributed by atoms with Gasteiger partial charge < -0.3 is 10.2 Å². The first-order chi connectivity index (χ1) is 12.7. The van der Waals surface area contributed by atoms with Crippen LogP contribution in [0.15, 0.2) is 36.7 Å². The van der Waals surface area contributed by atoms with Gasteiger partial charge in [-0.3, -0.25) is 4.79 Å². The van der Waals surface area contributed by atoms with Crippen molar-refractivity contribution in [3.8, 4) is 17.3 Å². The number of hydrogen-bond donors (Lipinski definition) is 1. The fourth-order valence-corrected chi connectivity index (χ4v) is 3.35. The molecule has 8 heteroatoms. The van der Waals surface area contributed by atoms with Crippen molar-refractivity contribution in [2.45, 2.75) is 18.9 Å². The van der Waals surface area contributed by atoms with E-state index in [2.05, 4.69) is 26.5 Å². The minimum Gasteiger partial charge on any atom is -0.357 e. The summed E-state index contributed by atoms with van der Waals surface area (Å²) in [5.74, 6) is 1.17. The van der Waals surface area contributed by atoms with Crippen LogP contribution in [0, 0.1) is 11.3 Å². The summed E-state index contributed by atoms with van der Waals surface area (Å²) in [6, 6.07) is 11.1. The van der Waals surface area contributed by atoms with E-state index in [1.807, 2.05) is 23.1 Å². The van der Waals surface area contributed by atoms with Crippen LogP contribution in [0.5, 0.6) is 0 Å². The SMILES string of the molecule is CNC(=O)C1CCCN1c1cc(-c2ccc(C#N)cc2)n2ncnc2n1. The van der Waals surface area contributed by atoms with Crippen molar-refractivity contribution in [2.75, 3.05) is 18.5 Å². The number of carbonyl (C=O) groups excluding carboxylic acids is 1. The standard InChI is InChI=1S/C18H17N7O/c1-20-17(26)14-3-2-8-24(14)16-9-15(25-18(23-16)21-11-22-25)13-6-4-12(10-19)5-7-13/h4-7,9,11,14H,2-3,8H2,1H3,(H,20,26). The molecule has 1 aliphatic rings. The molecule has 3 aromatic rings. The van der Waals surface area contributed by atoms with E-state index >= 15 is 0 Å². The first kappa shape index (κ1) is 16.0. The summed E-state index contributed by atoms with van der Waals surface area (Å²) in [6.45, 7) is 0.766. The van der Waals surface area contributed by atoms with Crippen LogP contribution in [0.3, 0.4) is 0 Å². The molecule has 1 N–H and O–H groups in total. The molecule has 8 nitrogen and oxygen atoms in total. The Balaban J connectivity index is 1.82. The lowest BCUT2D eigenvalue weighted by molar-refractivity contribution is -0.121. The van der Waals surface area contributed by atoms with Crippen LogP contribution < -0.4 is 10.2 Å². The second kappa shape index (κ2) is 6.44. The summed E-state index contributed by atoms with van der Waals surface area (Å²) in [6.07, 6.45) is 3.19. The van der Waals surface area contributed by atoms with Crippen LogP contribution in [0.25, 0.3) is 17.0 Å². The molecule has 2 aromatic heterocycles. The lowest BCUT2D eigenvalue weighted by atomic mass is 10.1. The number of benzene rings is 1. The van der Waals surface area contributed by atoms with E-state index in [9.17, 15) is 4.79 Å². The van der Waals surface area contributed by atoms with E-state index in [-0.39, 0.29) is 11.9 Å². The highest BCUT2D eigenvalue weighted by Crippen LogP contribution is 2.29. The van der Waals surface area contributed by atoms with Gasteiger partial charge in [0.15, 0.2) is 0 Å². The zero-order chi connectivity index (χ0) is 18.1. The largest absolute Gasteiger partial charge is 0.357 e. The number of carbonyl (C=O) groups is 1. The number of anilines is 1. The number of amides is 1. The molecule has 1 saturated heterocycles. The number of nitrogens with one attached hydrogen (secondary N) is 1. The Kier molecular flexibility index (Phi) is 3.97. The van der Waals surface area contributed by atoms with Crippen molar-refractivity contribution in [3.63, 3.8) is 0 Å². The highest BCUT2D eigenvalue weighted by Gasteiger charge is 2.31. The molecule has 0 radical (unpaired) electrons. The molecule has 1 amide bonds. The molecule has 0 aliphatic carbocycles. The van der Waals surface area contributed by atoms with Gasteiger partial charge in [0.05, 0.1) is 17.3 Å². The van der Waals surface area contributed by atoms with Crippen molar-refractivity contribution >= 4 is 17.5 Å². The fourth-order valence-electron chi connectivity index (χ4n) is 3.35. The molecule has 0 bridgehead atoms. The second-order valence-corrected chi connectivity index (χ2v) is 6.13. The molecule has 1 fully saturated rings. The van der Waals surface area contributed by atoms with Gasteiger partial charge in [-0.05, 0) is 25.0 Å². The molecule has 0 spiro atoms. The Hall–Kier alpha value is -3.47. The van der Waals surface area contributed by atoms with Crippen molar-refractivity contribution in [1.29, 1.82) is 5.26 Å². The molecule has 26 heavy (non-hydrogen) atoms. The van der Waals surface area contributed by atoms with Crippen molar-refractivity contribution in [2.24, 2.45) is 0 Å². The summed E-state index contributed by atoms with van der Waals surface area (Å²) in [7, 11) is 1.65. The van der Waals surface area contributed by atoms with Gasteiger partial charge in [-0.25, -0.2) is 0 Å². The van der Waals surface area contributed by atoms with Gasteiger partial charge >= 0.3 is 0 Å². The predicted molar refractivity (Wildman–Crippen MR) is 95.4 cm³/mol. The molecular weight excluding hydrogens is 330 g/mol. The number of likely N-dealkylation sites (N-methyl/N-ethyl adjacent to an activating group) is 1. The van der Waals surface area contributed by atoms with Gasteiger partial charge in [0.1, 0.15) is 18.2 Å². The van der Waals surface area contributed by atoms with Gasteiger partial charge in [0, 0.05) is 25.2 Å². The Morgan fingerprint density at radius 2 is 2.15 bits per heavy atom. The van der Waals surface area contributed by atoms with E-state index < -0.39 is 0 Å². The molecule has 130 valence electrons. The number of nitriles is 1. The van der Waals surface area contributed by atoms with Gasteiger partial charge in [-0.1, -0.05) is 12.1 Å². The van der Waals surface area contributed by atoms with Crippen LogP contribution >= 0.6 is 0 Å². The number of hydrogen-bond acceptors (Lipinski definition) is 6. The molecule has 3 heterocycles. The maximum Gasteiger partial charge on any atom is 0.254 e. The monoisotopic (exact) mass is 347 g/mol. The molecule has 1 aliphatic heterocycles. The number of rotatable bonds is 3. The number of aromatic nitrogens is 4. The first-order valence-electron chi connectivity index (χ1n) is 8.41. The van der Waals surface area contributed by atoms with E-state index in [1.165, 1.54) is 6.33 Å². The lowest BCUT2D eigenvalue weighted by Crippen LogP contribution is -2.42. The Bertz CT molecular complexity index is 1000. The Morgan fingerprint density at radius 3 is 2.88 bits per heavy atom. The number of nitrogens with zero attached hydrogens (tertiary/aromatic N) is 6. The maximum absolute atomic E-state index is 12.2. The molecule has 4 rings (SSSR count). The summed E-state index contributed by atoms with van der Waals surface area (Å²) in [5.41, 5.74) is 2.31.